The van der Waals surface area contributed by atoms with Crippen molar-refractivity contribution < 1.29 is 9.72 Å². The Morgan fingerprint density at radius 2 is 1.64 bits per heavy atom. The average Bonchev–Trinajstić information content (AvgIpc) is 3.04. The fraction of sp³-hybridized carbons (Fsp3) is 0. The Morgan fingerprint density at radius 3 is 2.27 bits per heavy atom. The van der Waals surface area contributed by atoms with Gasteiger partial charge in [-0.15, -0.1) is 0 Å². The third-order valence-corrected chi connectivity index (χ3v) is 3.39. The lowest BCUT2D eigenvalue weighted by Crippen LogP contribution is -2.02. The normalized spacial score (nSPS) is 10.4. The fourth-order valence-corrected chi connectivity index (χ4v) is 2.29. The number of aromatic nitrogens is 1. The summed E-state index contributed by atoms with van der Waals surface area (Å²) in [6.07, 6.45) is 1.71. The molecule has 22 heavy (non-hydrogen) atoms. The molecule has 3 rings (SSSR count). The van der Waals surface area contributed by atoms with E-state index in [9.17, 15) is 14.9 Å². The number of carbonyl (C=O) groups is 1. The first kappa shape index (κ1) is 13.8. The zero-order valence-corrected chi connectivity index (χ0v) is 11.5. The predicted molar refractivity (Wildman–Crippen MR) is 82.8 cm³/mol. The van der Waals surface area contributed by atoms with Gasteiger partial charge in [0.05, 0.1) is 10.6 Å². The van der Waals surface area contributed by atoms with E-state index < -0.39 is 4.92 Å². The molecular weight excluding hydrogens is 280 g/mol. The Balaban J connectivity index is 1.97. The van der Waals surface area contributed by atoms with Crippen LogP contribution in [0.4, 0.5) is 5.69 Å². The van der Waals surface area contributed by atoms with Crippen molar-refractivity contribution in [1.82, 2.24) is 4.98 Å². The molecule has 0 aliphatic rings. The summed E-state index contributed by atoms with van der Waals surface area (Å²) in [5.41, 5.74) is 2.58. The quantitative estimate of drug-likeness (QED) is 0.451. The summed E-state index contributed by atoms with van der Waals surface area (Å²) in [6, 6.07) is 16.9. The van der Waals surface area contributed by atoms with Crippen molar-refractivity contribution in [2.24, 2.45) is 0 Å². The number of non-ortho nitro benzene ring substituents is 1. The standard InChI is InChI=1S/C17H12N2O3/c20-17(13-6-8-14(9-7-13)19(21)22)15-10-11-18-16(15)12-4-2-1-3-5-12/h1-11,18H. The van der Waals surface area contributed by atoms with Crippen LogP contribution in [0.15, 0.2) is 66.9 Å². The molecule has 5 heteroatoms. The van der Waals surface area contributed by atoms with Crippen molar-refractivity contribution in [2.45, 2.75) is 0 Å². The van der Waals surface area contributed by atoms with Crippen molar-refractivity contribution in [3.8, 4) is 11.3 Å². The van der Waals surface area contributed by atoms with Crippen LogP contribution in [0.25, 0.3) is 11.3 Å². The lowest BCUT2D eigenvalue weighted by atomic mass is 10.00. The van der Waals surface area contributed by atoms with Gasteiger partial charge in [0, 0.05) is 29.5 Å². The highest BCUT2D eigenvalue weighted by Gasteiger charge is 2.16. The Labute approximate surface area is 126 Å². The topological polar surface area (TPSA) is 76.0 Å². The van der Waals surface area contributed by atoms with Crippen LogP contribution >= 0.6 is 0 Å². The van der Waals surface area contributed by atoms with Gasteiger partial charge < -0.3 is 4.98 Å². The lowest BCUT2D eigenvalue weighted by molar-refractivity contribution is -0.384. The first-order chi connectivity index (χ1) is 10.7. The first-order valence-corrected chi connectivity index (χ1v) is 6.69. The summed E-state index contributed by atoms with van der Waals surface area (Å²) in [6.45, 7) is 0. The average molecular weight is 292 g/mol. The second kappa shape index (κ2) is 5.65. The third-order valence-electron chi connectivity index (χ3n) is 3.39. The maximum Gasteiger partial charge on any atom is 0.269 e. The van der Waals surface area contributed by atoms with Crippen molar-refractivity contribution in [2.75, 3.05) is 0 Å². The second-order valence-electron chi connectivity index (χ2n) is 4.77. The number of nitro groups is 1. The number of nitro benzene ring substituents is 1. The minimum Gasteiger partial charge on any atom is -0.361 e. The van der Waals surface area contributed by atoms with E-state index in [-0.39, 0.29) is 11.5 Å². The van der Waals surface area contributed by atoms with E-state index in [4.69, 9.17) is 0 Å². The number of carbonyl (C=O) groups excluding carboxylic acids is 1. The fourth-order valence-electron chi connectivity index (χ4n) is 2.29. The van der Waals surface area contributed by atoms with Gasteiger partial charge in [-0.2, -0.15) is 0 Å². The molecule has 1 heterocycles. The number of benzene rings is 2. The molecule has 0 unspecified atom stereocenters. The number of hydrogen-bond donors (Lipinski definition) is 1. The van der Waals surface area contributed by atoms with Gasteiger partial charge in [0.25, 0.3) is 5.69 Å². The van der Waals surface area contributed by atoms with E-state index in [1.807, 2.05) is 30.3 Å². The van der Waals surface area contributed by atoms with Gasteiger partial charge in [-0.25, -0.2) is 0 Å². The zero-order chi connectivity index (χ0) is 15.5. The summed E-state index contributed by atoms with van der Waals surface area (Å²) in [5, 5.41) is 10.7. The molecule has 2 aromatic carbocycles. The van der Waals surface area contributed by atoms with Crippen molar-refractivity contribution in [3.63, 3.8) is 0 Å². The number of aromatic amines is 1. The molecule has 108 valence electrons. The first-order valence-electron chi connectivity index (χ1n) is 6.69. The van der Waals surface area contributed by atoms with Crippen LogP contribution in [0.1, 0.15) is 15.9 Å². The van der Waals surface area contributed by atoms with Crippen LogP contribution in [0.3, 0.4) is 0 Å². The third kappa shape index (κ3) is 2.52. The molecular formula is C17H12N2O3. The summed E-state index contributed by atoms with van der Waals surface area (Å²) >= 11 is 0. The Hall–Kier alpha value is -3.21. The molecule has 0 spiro atoms. The van der Waals surface area contributed by atoms with Crippen LogP contribution in [-0.4, -0.2) is 15.7 Å². The molecule has 5 nitrogen and oxygen atoms in total. The number of H-pyrrole nitrogens is 1. The van der Waals surface area contributed by atoms with E-state index in [1.165, 1.54) is 24.3 Å². The van der Waals surface area contributed by atoms with E-state index in [2.05, 4.69) is 4.98 Å². The molecule has 3 aromatic rings. The van der Waals surface area contributed by atoms with Crippen LogP contribution in [0.5, 0.6) is 0 Å². The highest BCUT2D eigenvalue weighted by Crippen LogP contribution is 2.24. The molecule has 0 aliphatic heterocycles. The Kier molecular flexibility index (Phi) is 3.53. The second-order valence-corrected chi connectivity index (χ2v) is 4.77. The molecule has 1 aromatic heterocycles. The molecule has 0 bridgehead atoms. The molecule has 1 N–H and O–H groups in total. The minimum atomic E-state index is -0.486. The number of hydrogen-bond acceptors (Lipinski definition) is 3. The molecule has 0 aliphatic carbocycles. The van der Waals surface area contributed by atoms with Crippen molar-refractivity contribution in [3.05, 3.63) is 88.1 Å². The van der Waals surface area contributed by atoms with E-state index in [1.54, 1.807) is 12.3 Å². The highest BCUT2D eigenvalue weighted by atomic mass is 16.6. The summed E-state index contributed by atoms with van der Waals surface area (Å²) in [5.74, 6) is -0.171. The number of ketones is 1. The maximum absolute atomic E-state index is 12.6. The summed E-state index contributed by atoms with van der Waals surface area (Å²) in [4.78, 5) is 25.8. The molecule has 0 atom stereocenters. The summed E-state index contributed by atoms with van der Waals surface area (Å²) < 4.78 is 0. The maximum atomic E-state index is 12.6. The van der Waals surface area contributed by atoms with Gasteiger partial charge in [0.2, 0.25) is 0 Å². The smallest absolute Gasteiger partial charge is 0.269 e. The van der Waals surface area contributed by atoms with Gasteiger partial charge in [0.15, 0.2) is 5.78 Å². The van der Waals surface area contributed by atoms with Crippen LogP contribution < -0.4 is 0 Å². The van der Waals surface area contributed by atoms with Gasteiger partial charge in [-0.3, -0.25) is 14.9 Å². The van der Waals surface area contributed by atoms with Crippen molar-refractivity contribution in [1.29, 1.82) is 0 Å². The molecule has 0 radical (unpaired) electrons. The zero-order valence-electron chi connectivity index (χ0n) is 11.5. The summed E-state index contributed by atoms with van der Waals surface area (Å²) in [7, 11) is 0. The molecule has 0 amide bonds. The molecule has 0 fully saturated rings. The molecule has 0 saturated carbocycles. The number of nitrogens with one attached hydrogen (secondary N) is 1. The van der Waals surface area contributed by atoms with Gasteiger partial charge in [0.1, 0.15) is 0 Å². The number of nitrogens with zero attached hydrogens (tertiary/aromatic N) is 1. The Bertz CT molecular complexity index is 821. The van der Waals surface area contributed by atoms with E-state index in [0.29, 0.717) is 11.1 Å². The van der Waals surface area contributed by atoms with Gasteiger partial charge in [-0.05, 0) is 23.8 Å². The Morgan fingerprint density at radius 1 is 0.955 bits per heavy atom. The minimum absolute atomic E-state index is 0.0334. The van der Waals surface area contributed by atoms with E-state index in [0.717, 1.165) is 11.3 Å². The highest BCUT2D eigenvalue weighted by molar-refractivity contribution is 6.12. The number of rotatable bonds is 4. The van der Waals surface area contributed by atoms with Crippen LogP contribution in [0, 0.1) is 10.1 Å². The van der Waals surface area contributed by atoms with Gasteiger partial charge >= 0.3 is 0 Å². The predicted octanol–water partition coefficient (Wildman–Crippen LogP) is 3.82. The van der Waals surface area contributed by atoms with Crippen LogP contribution in [-0.2, 0) is 0 Å². The largest absolute Gasteiger partial charge is 0.361 e. The van der Waals surface area contributed by atoms with Gasteiger partial charge in [-0.1, -0.05) is 30.3 Å². The molecule has 0 saturated heterocycles. The monoisotopic (exact) mass is 292 g/mol. The van der Waals surface area contributed by atoms with E-state index >= 15 is 0 Å². The lowest BCUT2D eigenvalue weighted by Gasteiger charge is -2.04. The van der Waals surface area contributed by atoms with Crippen molar-refractivity contribution >= 4 is 11.5 Å². The SMILES string of the molecule is O=C(c1ccc([N+](=O)[O-])cc1)c1cc[nH]c1-c1ccccc1. The van der Waals surface area contributed by atoms with Crippen LogP contribution in [0.2, 0.25) is 0 Å².